The highest BCUT2D eigenvalue weighted by Crippen LogP contribution is 2.13. The molecule has 2 aromatic rings. The third-order valence-electron chi connectivity index (χ3n) is 7.52. The van der Waals surface area contributed by atoms with Gasteiger partial charge in [0.15, 0.2) is 0 Å². The molecule has 0 fully saturated rings. The molecule has 0 saturated heterocycles. The van der Waals surface area contributed by atoms with E-state index in [9.17, 15) is 33.2 Å². The number of carbonyl (C=O) groups excluding carboxylic acids is 4. The van der Waals surface area contributed by atoms with Gasteiger partial charge in [0.2, 0.25) is 11.8 Å². The van der Waals surface area contributed by atoms with Gasteiger partial charge in [-0.15, -0.1) is 5.10 Å². The molecule has 0 aliphatic carbocycles. The van der Waals surface area contributed by atoms with Crippen molar-refractivity contribution in [2.75, 3.05) is 19.8 Å². The predicted octanol–water partition coefficient (Wildman–Crippen LogP) is 2.00. The Hall–Kier alpha value is -5.09. The molecule has 270 valence electrons. The van der Waals surface area contributed by atoms with Crippen LogP contribution in [0.25, 0.3) is 5.69 Å². The zero-order valence-corrected chi connectivity index (χ0v) is 27.5. The summed E-state index contributed by atoms with van der Waals surface area (Å²) in [6, 6.07) is 4.05. The molecule has 8 N–H and O–H groups in total. The molecule has 2 atom stereocenters. The van der Waals surface area contributed by atoms with Gasteiger partial charge in [0, 0.05) is 44.0 Å². The lowest BCUT2D eigenvalue weighted by atomic mass is 10.0. The summed E-state index contributed by atoms with van der Waals surface area (Å²) in [5, 5.41) is 36.6. The summed E-state index contributed by atoms with van der Waals surface area (Å²) < 4.78 is 14.0. The molecule has 1 heterocycles. The van der Waals surface area contributed by atoms with Crippen LogP contribution in [0.15, 0.2) is 30.5 Å². The van der Waals surface area contributed by atoms with Crippen LogP contribution in [0.4, 0.5) is 9.18 Å². The van der Waals surface area contributed by atoms with Crippen LogP contribution in [0.3, 0.4) is 0 Å². The summed E-state index contributed by atoms with van der Waals surface area (Å²) in [6.07, 6.45) is 6.14. The summed E-state index contributed by atoms with van der Waals surface area (Å²) in [6.45, 7) is 0.237. The molecule has 16 nitrogen and oxygen atoms in total. The summed E-state index contributed by atoms with van der Waals surface area (Å²) in [4.78, 5) is 71.0. The molecule has 0 aliphatic heterocycles. The number of alkyl halides is 1. The predicted molar refractivity (Wildman–Crippen MR) is 175 cm³/mol. The summed E-state index contributed by atoms with van der Waals surface area (Å²) in [5.74, 6) is -2.96. The minimum atomic E-state index is -1.20. The van der Waals surface area contributed by atoms with E-state index in [0.29, 0.717) is 68.4 Å². The van der Waals surface area contributed by atoms with Crippen LogP contribution in [0.1, 0.15) is 93.1 Å². The first-order valence-electron chi connectivity index (χ1n) is 16.4. The second kappa shape index (κ2) is 22.5. The Morgan fingerprint density at radius 3 is 2.00 bits per heavy atom. The Bertz CT molecular complexity index is 1370. The number of carboxylic acid groups (broad SMARTS) is 2. The first-order valence-corrected chi connectivity index (χ1v) is 16.4. The van der Waals surface area contributed by atoms with E-state index in [1.54, 1.807) is 30.5 Å². The van der Waals surface area contributed by atoms with Gasteiger partial charge in [-0.05, 0) is 82.1 Å². The van der Waals surface area contributed by atoms with Crippen molar-refractivity contribution in [2.24, 2.45) is 5.73 Å². The van der Waals surface area contributed by atoms with Crippen LogP contribution in [-0.4, -0.2) is 92.7 Å². The van der Waals surface area contributed by atoms with Crippen molar-refractivity contribution in [1.82, 2.24) is 36.3 Å². The van der Waals surface area contributed by atoms with Crippen LogP contribution in [0.5, 0.6) is 0 Å². The second-order valence-corrected chi connectivity index (χ2v) is 11.5. The van der Waals surface area contributed by atoms with Gasteiger partial charge in [-0.1, -0.05) is 11.6 Å². The average Bonchev–Trinajstić information content (AvgIpc) is 3.54. The molecular formula is C32H47FN8O8. The minimum Gasteiger partial charge on any atom is -0.481 e. The number of benzene rings is 1. The average molecular weight is 691 g/mol. The van der Waals surface area contributed by atoms with Crippen LogP contribution in [-0.2, 0) is 25.6 Å². The van der Waals surface area contributed by atoms with Crippen molar-refractivity contribution < 1.29 is 43.4 Å². The lowest BCUT2D eigenvalue weighted by Crippen LogP contribution is -2.43. The standard InChI is InChI=1S/C32H47FN8O8/c33-18-6-7-24-21-41(40-39-24)25-14-10-22(11-15-25)30(46)37-23(12-16-27(42)35-19-4-1-2-9-29(44)45)13-17-28(43)36-20-5-3-8-26(31(47)48)38-32(34)49/h10-11,14-15,21,23,26H,1-9,12-13,16-20H2,(H,35,42)(H,36,43)(H,37,46)(H,44,45)(H,47,48)(H3,34,38,49)/t23?,26-/m0/s1. The maximum absolute atomic E-state index is 13.1. The van der Waals surface area contributed by atoms with Crippen molar-refractivity contribution in [3.8, 4) is 5.69 Å². The minimum absolute atomic E-state index is 0.0626. The van der Waals surface area contributed by atoms with E-state index < -0.39 is 42.6 Å². The number of primary amides is 1. The number of rotatable bonds is 25. The highest BCUT2D eigenvalue weighted by atomic mass is 19.1. The van der Waals surface area contributed by atoms with Gasteiger partial charge in [-0.2, -0.15) is 0 Å². The van der Waals surface area contributed by atoms with Gasteiger partial charge < -0.3 is 37.2 Å². The molecule has 49 heavy (non-hydrogen) atoms. The third-order valence-corrected chi connectivity index (χ3v) is 7.52. The number of urea groups is 1. The number of aryl methyl sites for hydroxylation is 1. The number of hydrogen-bond donors (Lipinski definition) is 7. The van der Waals surface area contributed by atoms with Crippen molar-refractivity contribution in [2.45, 2.75) is 95.6 Å². The molecule has 0 saturated carbocycles. The van der Waals surface area contributed by atoms with E-state index in [1.165, 1.54) is 4.68 Å². The van der Waals surface area contributed by atoms with E-state index in [-0.39, 0.29) is 56.9 Å². The molecule has 0 spiro atoms. The molecule has 1 aromatic carbocycles. The number of nitrogens with one attached hydrogen (secondary N) is 4. The SMILES string of the molecule is NC(=O)N[C@@H](CCCCNC(=O)CCC(CCC(=O)NCCCCCC(=O)O)NC(=O)c1ccc(-n2cc(CCCF)nn2)cc1)C(=O)O. The topological polar surface area (TPSA) is 248 Å². The Morgan fingerprint density at radius 2 is 1.43 bits per heavy atom. The molecular weight excluding hydrogens is 643 g/mol. The van der Waals surface area contributed by atoms with Gasteiger partial charge in [0.25, 0.3) is 5.91 Å². The zero-order chi connectivity index (χ0) is 36.0. The van der Waals surface area contributed by atoms with Gasteiger partial charge in [0.05, 0.1) is 24.3 Å². The van der Waals surface area contributed by atoms with Gasteiger partial charge in [0.1, 0.15) is 6.04 Å². The van der Waals surface area contributed by atoms with E-state index >= 15 is 0 Å². The fourth-order valence-corrected chi connectivity index (χ4v) is 4.83. The normalized spacial score (nSPS) is 12.0. The van der Waals surface area contributed by atoms with Crippen molar-refractivity contribution >= 4 is 35.7 Å². The lowest BCUT2D eigenvalue weighted by Gasteiger charge is -2.19. The summed E-state index contributed by atoms with van der Waals surface area (Å²) in [5.41, 5.74) is 6.66. The van der Waals surface area contributed by atoms with Crippen LogP contribution in [0, 0.1) is 0 Å². The molecule has 2 rings (SSSR count). The number of carbonyl (C=O) groups is 6. The first-order chi connectivity index (χ1) is 23.5. The Kier molecular flexibility index (Phi) is 18.4. The monoisotopic (exact) mass is 690 g/mol. The van der Waals surface area contributed by atoms with E-state index in [2.05, 4.69) is 31.6 Å². The second-order valence-electron chi connectivity index (χ2n) is 11.5. The largest absolute Gasteiger partial charge is 0.481 e. The number of nitrogens with zero attached hydrogens (tertiary/aromatic N) is 3. The van der Waals surface area contributed by atoms with E-state index in [1.807, 2.05) is 0 Å². The number of nitrogens with two attached hydrogens (primary N) is 1. The van der Waals surface area contributed by atoms with Gasteiger partial charge >= 0.3 is 18.0 Å². The maximum Gasteiger partial charge on any atom is 0.326 e. The number of hydrogen-bond acceptors (Lipinski definition) is 8. The number of carboxylic acids is 2. The van der Waals surface area contributed by atoms with Crippen LogP contribution in [0.2, 0.25) is 0 Å². The first kappa shape index (κ1) is 40.1. The highest BCUT2D eigenvalue weighted by Gasteiger charge is 2.19. The molecule has 0 bridgehead atoms. The number of unbranched alkanes of at least 4 members (excludes halogenated alkanes) is 3. The molecule has 1 aromatic heterocycles. The van der Waals surface area contributed by atoms with Crippen LogP contribution >= 0.6 is 0 Å². The van der Waals surface area contributed by atoms with Crippen molar-refractivity contribution in [3.63, 3.8) is 0 Å². The van der Waals surface area contributed by atoms with E-state index in [4.69, 9.17) is 15.9 Å². The molecule has 0 radical (unpaired) electrons. The molecule has 1 unspecified atom stereocenters. The molecule has 17 heteroatoms. The summed E-state index contributed by atoms with van der Waals surface area (Å²) in [7, 11) is 0. The Morgan fingerprint density at radius 1 is 0.796 bits per heavy atom. The van der Waals surface area contributed by atoms with Gasteiger partial charge in [-0.25, -0.2) is 14.3 Å². The lowest BCUT2D eigenvalue weighted by molar-refractivity contribution is -0.139. The maximum atomic E-state index is 13.1. The van der Waals surface area contributed by atoms with Crippen molar-refractivity contribution in [1.29, 1.82) is 0 Å². The number of amides is 5. The summed E-state index contributed by atoms with van der Waals surface area (Å²) >= 11 is 0. The molecule has 0 aliphatic rings. The Labute approximate surface area is 283 Å². The highest BCUT2D eigenvalue weighted by molar-refractivity contribution is 5.94. The fourth-order valence-electron chi connectivity index (χ4n) is 4.83. The molecule has 5 amide bonds. The zero-order valence-electron chi connectivity index (χ0n) is 27.5. The third kappa shape index (κ3) is 17.0. The fraction of sp³-hybridized carbons (Fsp3) is 0.562. The number of aromatic nitrogens is 3. The number of aliphatic carboxylic acids is 2. The smallest absolute Gasteiger partial charge is 0.326 e. The Balaban J connectivity index is 1.90. The van der Waals surface area contributed by atoms with Crippen molar-refractivity contribution in [3.05, 3.63) is 41.7 Å². The number of halogens is 1. The van der Waals surface area contributed by atoms with E-state index in [0.717, 1.165) is 0 Å². The van der Waals surface area contributed by atoms with Gasteiger partial charge in [-0.3, -0.25) is 23.6 Å². The van der Waals surface area contributed by atoms with Crippen LogP contribution < -0.4 is 27.0 Å². The quantitative estimate of drug-likeness (QED) is 0.0747.